The topological polar surface area (TPSA) is 20.3 Å². The van der Waals surface area contributed by atoms with Crippen LogP contribution < -0.4 is 4.90 Å². The Morgan fingerprint density at radius 1 is 0.947 bits per heavy atom. The molecule has 3 rings (SSSR count). The van der Waals surface area contributed by atoms with Crippen LogP contribution in [0.2, 0.25) is 0 Å². The summed E-state index contributed by atoms with van der Waals surface area (Å²) in [6.07, 6.45) is 1.75. The Hall–Kier alpha value is -2.35. The van der Waals surface area contributed by atoms with Gasteiger partial charge in [0.25, 0.3) is 0 Å². The van der Waals surface area contributed by atoms with Crippen molar-refractivity contribution < 1.29 is 4.79 Å². The van der Waals surface area contributed by atoms with Crippen molar-refractivity contribution in [1.82, 2.24) is 0 Å². The maximum atomic E-state index is 12.2. The van der Waals surface area contributed by atoms with E-state index in [1.807, 2.05) is 53.4 Å². The van der Waals surface area contributed by atoms with Gasteiger partial charge in [0.1, 0.15) is 0 Å². The summed E-state index contributed by atoms with van der Waals surface area (Å²) >= 11 is 0. The van der Waals surface area contributed by atoms with Gasteiger partial charge in [0.2, 0.25) is 5.91 Å². The Labute approximate surface area is 113 Å². The molecule has 1 fully saturated rings. The molecule has 19 heavy (non-hydrogen) atoms. The van der Waals surface area contributed by atoms with Gasteiger partial charge in [-0.2, -0.15) is 0 Å². The van der Waals surface area contributed by atoms with Gasteiger partial charge in [-0.3, -0.25) is 4.79 Å². The number of nitrogens with zero attached hydrogens (tertiary/aromatic N) is 1. The first-order valence-corrected chi connectivity index (χ1v) is 6.38. The smallest absolute Gasteiger partial charge is 0.236 e. The largest absolute Gasteiger partial charge is 0.303 e. The molecular weight excluding hydrogens is 234 g/mol. The molecule has 0 N–H and O–H groups in total. The van der Waals surface area contributed by atoms with E-state index in [0.717, 1.165) is 11.3 Å². The fraction of sp³-hybridized carbons (Fsp3) is 0.118. The lowest BCUT2D eigenvalue weighted by molar-refractivity contribution is -0.128. The minimum Gasteiger partial charge on any atom is -0.303 e. The predicted molar refractivity (Wildman–Crippen MR) is 76.8 cm³/mol. The van der Waals surface area contributed by atoms with Gasteiger partial charge >= 0.3 is 0 Å². The Kier molecular flexibility index (Phi) is 2.92. The summed E-state index contributed by atoms with van der Waals surface area (Å²) in [7, 11) is 0. The van der Waals surface area contributed by atoms with Crippen LogP contribution in [-0.4, -0.2) is 5.91 Å². The molecule has 1 aliphatic rings. The highest BCUT2D eigenvalue weighted by Gasteiger charge is 2.46. The Balaban J connectivity index is 2.00. The van der Waals surface area contributed by atoms with Crippen molar-refractivity contribution >= 4 is 11.6 Å². The summed E-state index contributed by atoms with van der Waals surface area (Å²) in [5.41, 5.74) is 2.09. The lowest BCUT2D eigenvalue weighted by Gasteiger charge is -2.46. The molecule has 0 aliphatic carbocycles. The minimum atomic E-state index is -0.123. The van der Waals surface area contributed by atoms with E-state index in [1.54, 1.807) is 6.08 Å². The molecule has 0 saturated carbocycles. The normalized spacial score (nSPS) is 21.9. The van der Waals surface area contributed by atoms with E-state index < -0.39 is 0 Å². The molecule has 2 nitrogen and oxygen atoms in total. The number of benzene rings is 2. The number of para-hydroxylation sites is 1. The van der Waals surface area contributed by atoms with Gasteiger partial charge in [0, 0.05) is 5.69 Å². The molecule has 1 saturated heterocycles. The van der Waals surface area contributed by atoms with Crippen LogP contribution in [0.4, 0.5) is 5.69 Å². The van der Waals surface area contributed by atoms with E-state index in [9.17, 15) is 4.79 Å². The number of rotatable bonds is 3. The Bertz CT molecular complexity index is 591. The van der Waals surface area contributed by atoms with E-state index in [2.05, 4.69) is 18.7 Å². The second-order valence-electron chi connectivity index (χ2n) is 4.66. The van der Waals surface area contributed by atoms with Gasteiger partial charge in [0.05, 0.1) is 12.0 Å². The van der Waals surface area contributed by atoms with Crippen molar-refractivity contribution in [3.05, 3.63) is 78.9 Å². The molecule has 0 spiro atoms. The second-order valence-corrected chi connectivity index (χ2v) is 4.66. The van der Waals surface area contributed by atoms with Crippen LogP contribution in [0, 0.1) is 5.92 Å². The molecular formula is C17H15NO. The van der Waals surface area contributed by atoms with E-state index >= 15 is 0 Å². The average molecular weight is 249 g/mol. The van der Waals surface area contributed by atoms with Crippen molar-refractivity contribution in [3.63, 3.8) is 0 Å². The van der Waals surface area contributed by atoms with Crippen molar-refractivity contribution in [2.75, 3.05) is 4.90 Å². The number of carbonyl (C=O) groups excluding carboxylic acids is 1. The predicted octanol–water partition coefficient (Wildman–Crippen LogP) is 3.58. The van der Waals surface area contributed by atoms with Crippen LogP contribution in [0.1, 0.15) is 11.6 Å². The molecule has 0 radical (unpaired) electrons. The summed E-state index contributed by atoms with van der Waals surface area (Å²) in [4.78, 5) is 14.1. The zero-order chi connectivity index (χ0) is 13.2. The fourth-order valence-electron chi connectivity index (χ4n) is 2.62. The first-order valence-electron chi connectivity index (χ1n) is 6.38. The number of amides is 1. The van der Waals surface area contributed by atoms with Gasteiger partial charge in [-0.15, -0.1) is 6.58 Å². The van der Waals surface area contributed by atoms with Crippen molar-refractivity contribution in [1.29, 1.82) is 0 Å². The van der Waals surface area contributed by atoms with E-state index in [0.29, 0.717) is 0 Å². The SMILES string of the molecule is C=C[C@H]1C(=O)N(c2ccccc2)[C@@H]1c1ccccc1. The molecule has 2 heteroatoms. The monoisotopic (exact) mass is 249 g/mol. The molecule has 94 valence electrons. The summed E-state index contributed by atoms with van der Waals surface area (Å²) in [6, 6.07) is 20.0. The van der Waals surface area contributed by atoms with E-state index in [4.69, 9.17) is 0 Å². The van der Waals surface area contributed by atoms with Crippen LogP contribution in [-0.2, 0) is 4.79 Å². The van der Waals surface area contributed by atoms with E-state index in [1.165, 1.54) is 0 Å². The lowest BCUT2D eigenvalue weighted by Crippen LogP contribution is -2.54. The fourth-order valence-corrected chi connectivity index (χ4v) is 2.62. The zero-order valence-corrected chi connectivity index (χ0v) is 10.6. The maximum Gasteiger partial charge on any atom is 0.236 e. The van der Waals surface area contributed by atoms with Crippen LogP contribution >= 0.6 is 0 Å². The molecule has 2 aromatic rings. The third-order valence-electron chi connectivity index (χ3n) is 3.57. The molecule has 1 aliphatic heterocycles. The highest BCUT2D eigenvalue weighted by atomic mass is 16.2. The Morgan fingerprint density at radius 3 is 2.11 bits per heavy atom. The van der Waals surface area contributed by atoms with E-state index in [-0.39, 0.29) is 17.9 Å². The summed E-state index contributed by atoms with van der Waals surface area (Å²) in [6.45, 7) is 3.79. The first-order chi connectivity index (χ1) is 9.33. The number of hydrogen-bond acceptors (Lipinski definition) is 1. The summed E-state index contributed by atoms with van der Waals surface area (Å²) < 4.78 is 0. The third kappa shape index (κ3) is 1.85. The van der Waals surface area contributed by atoms with Crippen LogP contribution in [0.5, 0.6) is 0 Å². The van der Waals surface area contributed by atoms with Gasteiger partial charge < -0.3 is 4.90 Å². The molecule has 0 aromatic heterocycles. The zero-order valence-electron chi connectivity index (χ0n) is 10.6. The van der Waals surface area contributed by atoms with Crippen LogP contribution in [0.15, 0.2) is 73.3 Å². The van der Waals surface area contributed by atoms with Crippen LogP contribution in [0.25, 0.3) is 0 Å². The maximum absolute atomic E-state index is 12.2. The standard InChI is InChI=1S/C17H15NO/c1-2-15-16(13-9-5-3-6-10-13)18(17(15)19)14-11-7-4-8-12-14/h2-12,15-16H,1H2/t15-,16-/m1/s1. The molecule has 1 heterocycles. The molecule has 0 unspecified atom stereocenters. The average Bonchev–Trinajstić information content (AvgIpc) is 2.47. The van der Waals surface area contributed by atoms with Gasteiger partial charge in [-0.25, -0.2) is 0 Å². The lowest BCUT2D eigenvalue weighted by atomic mass is 9.82. The second kappa shape index (κ2) is 4.73. The van der Waals surface area contributed by atoms with Gasteiger partial charge in [-0.1, -0.05) is 54.6 Å². The summed E-state index contributed by atoms with van der Waals surface area (Å²) in [5.74, 6) is -0.00217. The highest BCUT2D eigenvalue weighted by molar-refractivity contribution is 6.04. The van der Waals surface area contributed by atoms with Gasteiger partial charge in [0.15, 0.2) is 0 Å². The Morgan fingerprint density at radius 2 is 1.53 bits per heavy atom. The quantitative estimate of drug-likeness (QED) is 0.601. The summed E-state index contributed by atoms with van der Waals surface area (Å²) in [5, 5.41) is 0. The van der Waals surface area contributed by atoms with Crippen LogP contribution in [0.3, 0.4) is 0 Å². The highest BCUT2D eigenvalue weighted by Crippen LogP contribution is 2.43. The molecule has 1 amide bonds. The third-order valence-corrected chi connectivity index (χ3v) is 3.57. The van der Waals surface area contributed by atoms with Crippen molar-refractivity contribution in [2.45, 2.75) is 6.04 Å². The minimum absolute atomic E-state index is 0.0635. The number of hydrogen-bond donors (Lipinski definition) is 0. The molecule has 2 aromatic carbocycles. The van der Waals surface area contributed by atoms with Crippen molar-refractivity contribution in [2.24, 2.45) is 5.92 Å². The number of anilines is 1. The van der Waals surface area contributed by atoms with Gasteiger partial charge in [-0.05, 0) is 17.7 Å². The first kappa shape index (κ1) is 11.7. The van der Waals surface area contributed by atoms with Crippen molar-refractivity contribution in [3.8, 4) is 0 Å². The molecule has 2 atom stereocenters. The number of carbonyl (C=O) groups is 1. The number of β-lactam (4-membered cyclic amide) rings is 1. The molecule has 0 bridgehead atoms.